The zero-order valence-electron chi connectivity index (χ0n) is 12.8. The quantitative estimate of drug-likeness (QED) is 0.912. The molecule has 0 saturated carbocycles. The molecule has 2 aromatic rings. The minimum atomic E-state index is 0. The Morgan fingerprint density at radius 2 is 2.04 bits per heavy atom. The van der Waals surface area contributed by atoms with Gasteiger partial charge in [-0.3, -0.25) is 4.79 Å². The van der Waals surface area contributed by atoms with Crippen LogP contribution in [0.4, 0.5) is 0 Å². The molecule has 124 valence electrons. The van der Waals surface area contributed by atoms with E-state index in [1.807, 2.05) is 29.2 Å². The number of benzene rings is 1. The van der Waals surface area contributed by atoms with Gasteiger partial charge in [0.1, 0.15) is 6.33 Å². The first kappa shape index (κ1) is 17.4. The van der Waals surface area contributed by atoms with E-state index in [-0.39, 0.29) is 24.4 Å². The number of rotatable bonds is 4. The molecule has 7 nitrogen and oxygen atoms in total. The van der Waals surface area contributed by atoms with Gasteiger partial charge in [-0.1, -0.05) is 0 Å². The molecule has 1 saturated heterocycles. The van der Waals surface area contributed by atoms with Gasteiger partial charge in [-0.2, -0.15) is 0 Å². The van der Waals surface area contributed by atoms with Crippen molar-refractivity contribution in [2.45, 2.75) is 31.7 Å². The van der Waals surface area contributed by atoms with E-state index >= 15 is 0 Å². The molecular weight excluding hydrogens is 316 g/mol. The number of nitrogens with two attached hydrogens (primary N) is 1. The van der Waals surface area contributed by atoms with Gasteiger partial charge >= 0.3 is 0 Å². The number of halogens is 1. The average Bonchev–Trinajstić information content (AvgIpc) is 3.10. The molecule has 1 aromatic carbocycles. The predicted molar refractivity (Wildman–Crippen MR) is 88.7 cm³/mol. The summed E-state index contributed by atoms with van der Waals surface area (Å²) in [6.07, 6.45) is 5.68. The lowest BCUT2D eigenvalue weighted by molar-refractivity contribution is 0.0605. The van der Waals surface area contributed by atoms with Gasteiger partial charge in [0.2, 0.25) is 0 Å². The van der Waals surface area contributed by atoms with Crippen LogP contribution < -0.4 is 5.73 Å². The first-order chi connectivity index (χ1) is 10.8. The monoisotopic (exact) mass is 336 g/mol. The fourth-order valence-electron chi connectivity index (χ4n) is 2.96. The highest BCUT2D eigenvalue weighted by Gasteiger charge is 2.26. The van der Waals surface area contributed by atoms with E-state index in [4.69, 9.17) is 5.73 Å². The number of piperidine rings is 1. The van der Waals surface area contributed by atoms with Crippen LogP contribution in [0.5, 0.6) is 0 Å². The fraction of sp³-hybridized carbons (Fsp3) is 0.467. The Morgan fingerprint density at radius 3 is 2.70 bits per heavy atom. The standard InChI is InChI=1S/C15H20N6O.ClH/c16-9-8-13-3-1-2-10-20(13)15(22)12-4-6-14(7-5-12)21-11-17-18-19-21;/h4-7,11,13H,1-3,8-10,16H2;1H. The summed E-state index contributed by atoms with van der Waals surface area (Å²) < 4.78 is 1.56. The van der Waals surface area contributed by atoms with Crippen LogP contribution in [0.1, 0.15) is 36.0 Å². The molecule has 1 atom stereocenters. The van der Waals surface area contributed by atoms with Gasteiger partial charge in [-0.05, 0) is 66.9 Å². The average molecular weight is 337 g/mol. The third-order valence-corrected chi connectivity index (χ3v) is 4.12. The molecule has 1 amide bonds. The van der Waals surface area contributed by atoms with Crippen molar-refractivity contribution < 1.29 is 4.79 Å². The highest BCUT2D eigenvalue weighted by molar-refractivity contribution is 5.94. The minimum absolute atomic E-state index is 0. The van der Waals surface area contributed by atoms with Crippen molar-refractivity contribution >= 4 is 18.3 Å². The topological polar surface area (TPSA) is 89.9 Å². The van der Waals surface area contributed by atoms with Gasteiger partial charge in [0, 0.05) is 18.2 Å². The first-order valence-electron chi connectivity index (χ1n) is 7.64. The van der Waals surface area contributed by atoms with E-state index in [2.05, 4.69) is 15.5 Å². The van der Waals surface area contributed by atoms with Gasteiger partial charge in [-0.15, -0.1) is 17.5 Å². The van der Waals surface area contributed by atoms with E-state index < -0.39 is 0 Å². The smallest absolute Gasteiger partial charge is 0.254 e. The summed E-state index contributed by atoms with van der Waals surface area (Å²) >= 11 is 0. The van der Waals surface area contributed by atoms with Gasteiger partial charge in [0.05, 0.1) is 5.69 Å². The zero-order chi connectivity index (χ0) is 15.4. The highest BCUT2D eigenvalue weighted by Crippen LogP contribution is 2.22. The SMILES string of the molecule is Cl.NCCC1CCCCN1C(=O)c1ccc(-n2cnnn2)cc1. The third-order valence-electron chi connectivity index (χ3n) is 4.12. The summed E-state index contributed by atoms with van der Waals surface area (Å²) in [6, 6.07) is 7.63. The Hall–Kier alpha value is -1.99. The first-order valence-corrected chi connectivity index (χ1v) is 7.64. The number of hydrogen-bond acceptors (Lipinski definition) is 5. The molecule has 0 spiro atoms. The van der Waals surface area contributed by atoms with E-state index in [9.17, 15) is 4.79 Å². The summed E-state index contributed by atoms with van der Waals surface area (Å²) in [7, 11) is 0. The summed E-state index contributed by atoms with van der Waals surface area (Å²) in [5, 5.41) is 11.0. The number of likely N-dealkylation sites (tertiary alicyclic amines) is 1. The van der Waals surface area contributed by atoms with Crippen LogP contribution in [0.3, 0.4) is 0 Å². The second-order valence-corrected chi connectivity index (χ2v) is 5.53. The summed E-state index contributed by atoms with van der Waals surface area (Å²) in [6.45, 7) is 1.44. The van der Waals surface area contributed by atoms with Gasteiger partial charge in [0.25, 0.3) is 5.91 Å². The Kier molecular flexibility index (Phi) is 6.06. The molecule has 8 heteroatoms. The Bertz CT molecular complexity index is 613. The molecule has 1 aromatic heterocycles. The lowest BCUT2D eigenvalue weighted by Crippen LogP contribution is -2.44. The largest absolute Gasteiger partial charge is 0.336 e. The van der Waals surface area contributed by atoms with Gasteiger partial charge in [-0.25, -0.2) is 4.68 Å². The van der Waals surface area contributed by atoms with Gasteiger partial charge < -0.3 is 10.6 Å². The van der Waals surface area contributed by atoms with Crippen molar-refractivity contribution in [3.05, 3.63) is 36.2 Å². The number of carbonyl (C=O) groups excluding carboxylic acids is 1. The Morgan fingerprint density at radius 1 is 1.26 bits per heavy atom. The molecule has 1 aliphatic rings. The number of carbonyl (C=O) groups is 1. The van der Waals surface area contributed by atoms with Crippen LogP contribution in [0.2, 0.25) is 0 Å². The van der Waals surface area contributed by atoms with Crippen LogP contribution >= 0.6 is 12.4 Å². The van der Waals surface area contributed by atoms with E-state index in [1.54, 1.807) is 4.68 Å². The molecule has 0 bridgehead atoms. The molecule has 23 heavy (non-hydrogen) atoms. The number of tetrazole rings is 1. The van der Waals surface area contributed by atoms with Crippen LogP contribution in [0.25, 0.3) is 5.69 Å². The molecule has 0 aliphatic carbocycles. The molecule has 1 aliphatic heterocycles. The van der Waals surface area contributed by atoms with Crippen molar-refractivity contribution in [2.24, 2.45) is 5.73 Å². The number of aromatic nitrogens is 4. The number of amides is 1. The van der Waals surface area contributed by atoms with Crippen LogP contribution in [-0.4, -0.2) is 50.1 Å². The van der Waals surface area contributed by atoms with Crippen molar-refractivity contribution in [3.8, 4) is 5.69 Å². The van der Waals surface area contributed by atoms with Crippen molar-refractivity contribution in [1.82, 2.24) is 25.1 Å². The summed E-state index contributed by atoms with van der Waals surface area (Å²) in [5.41, 5.74) is 7.20. The fourth-order valence-corrected chi connectivity index (χ4v) is 2.96. The minimum Gasteiger partial charge on any atom is -0.336 e. The van der Waals surface area contributed by atoms with E-state index in [0.29, 0.717) is 12.1 Å². The third kappa shape index (κ3) is 3.86. The maximum absolute atomic E-state index is 12.7. The predicted octanol–water partition coefficient (Wildman–Crippen LogP) is 1.43. The lowest BCUT2D eigenvalue weighted by atomic mass is 9.98. The molecule has 2 heterocycles. The van der Waals surface area contributed by atoms with Crippen molar-refractivity contribution in [2.75, 3.05) is 13.1 Å². The summed E-state index contributed by atoms with van der Waals surface area (Å²) in [5.74, 6) is 0.0846. The maximum atomic E-state index is 12.7. The van der Waals surface area contributed by atoms with Crippen molar-refractivity contribution in [1.29, 1.82) is 0 Å². The second-order valence-electron chi connectivity index (χ2n) is 5.53. The molecule has 0 radical (unpaired) electrons. The molecule has 3 rings (SSSR count). The normalized spacial score (nSPS) is 17.6. The highest BCUT2D eigenvalue weighted by atomic mass is 35.5. The Balaban J connectivity index is 0.00000192. The summed E-state index contributed by atoms with van der Waals surface area (Å²) in [4.78, 5) is 14.7. The molecule has 2 N–H and O–H groups in total. The maximum Gasteiger partial charge on any atom is 0.254 e. The Labute approximate surface area is 141 Å². The molecule has 1 fully saturated rings. The van der Waals surface area contributed by atoms with Gasteiger partial charge in [0.15, 0.2) is 0 Å². The van der Waals surface area contributed by atoms with E-state index in [0.717, 1.165) is 31.5 Å². The number of hydrogen-bond donors (Lipinski definition) is 1. The van der Waals surface area contributed by atoms with Crippen LogP contribution in [0.15, 0.2) is 30.6 Å². The lowest BCUT2D eigenvalue weighted by Gasteiger charge is -2.35. The molecule has 1 unspecified atom stereocenters. The number of nitrogens with zero attached hydrogens (tertiary/aromatic N) is 5. The van der Waals surface area contributed by atoms with E-state index in [1.165, 1.54) is 12.7 Å². The second kappa shape index (κ2) is 8.03. The van der Waals surface area contributed by atoms with Crippen LogP contribution in [-0.2, 0) is 0 Å². The molecular formula is C15H21ClN6O. The van der Waals surface area contributed by atoms with Crippen molar-refractivity contribution in [3.63, 3.8) is 0 Å². The van der Waals surface area contributed by atoms with Crippen LogP contribution in [0, 0.1) is 0 Å². The zero-order valence-corrected chi connectivity index (χ0v) is 13.7.